The Labute approximate surface area is 150 Å². The maximum atomic E-state index is 12.5. The van der Waals surface area contributed by atoms with Gasteiger partial charge in [0, 0.05) is 17.1 Å². The van der Waals surface area contributed by atoms with Gasteiger partial charge in [0.05, 0.1) is 17.5 Å². The number of primary sulfonamides is 1. The van der Waals surface area contributed by atoms with Crippen LogP contribution in [0.2, 0.25) is 0 Å². The Morgan fingerprint density at radius 1 is 1.15 bits per heavy atom. The van der Waals surface area contributed by atoms with E-state index < -0.39 is 16.0 Å². The number of carbonyl (C=O) groups excluding carboxylic acids is 1. The first kappa shape index (κ1) is 17.8. The third-order valence-corrected chi connectivity index (χ3v) is 4.71. The third kappa shape index (κ3) is 3.66. The molecule has 0 aliphatic heterocycles. The van der Waals surface area contributed by atoms with Crippen molar-refractivity contribution in [3.8, 4) is 5.75 Å². The number of ether oxygens (including phenoxy) is 2. The number of pyridine rings is 1. The van der Waals surface area contributed by atoms with Gasteiger partial charge in [-0.25, -0.2) is 18.4 Å². The second-order valence-corrected chi connectivity index (χ2v) is 7.04. The van der Waals surface area contributed by atoms with Crippen molar-refractivity contribution in [2.75, 3.05) is 7.11 Å². The molecule has 0 fully saturated rings. The Morgan fingerprint density at radius 2 is 1.92 bits per heavy atom. The molecule has 1 heterocycles. The number of carbonyl (C=O) groups is 1. The maximum Gasteiger partial charge on any atom is 0.342 e. The summed E-state index contributed by atoms with van der Waals surface area (Å²) in [5.41, 5.74) is 1.44. The Morgan fingerprint density at radius 3 is 2.65 bits per heavy atom. The van der Waals surface area contributed by atoms with E-state index in [-0.39, 0.29) is 22.8 Å². The first-order valence-electron chi connectivity index (χ1n) is 7.61. The molecule has 0 saturated heterocycles. The molecule has 3 aromatic rings. The number of para-hydroxylation sites is 1. The molecule has 0 amide bonds. The number of nitrogens with two attached hydrogens (primary N) is 1. The number of rotatable bonds is 5. The topological polar surface area (TPSA) is 109 Å². The first-order valence-corrected chi connectivity index (χ1v) is 9.15. The average Bonchev–Trinajstić information content (AvgIpc) is 2.64. The van der Waals surface area contributed by atoms with Gasteiger partial charge in [-0.15, -0.1) is 0 Å². The van der Waals surface area contributed by atoms with Gasteiger partial charge in [0.2, 0.25) is 10.0 Å². The lowest BCUT2D eigenvalue weighted by Crippen LogP contribution is -2.14. The van der Waals surface area contributed by atoms with Crippen molar-refractivity contribution < 1.29 is 22.7 Å². The molecule has 0 aliphatic carbocycles. The van der Waals surface area contributed by atoms with Crippen LogP contribution in [0.4, 0.5) is 0 Å². The largest absolute Gasteiger partial charge is 0.496 e. The summed E-state index contributed by atoms with van der Waals surface area (Å²) in [6.45, 7) is -0.0179. The molecule has 0 unspecified atom stereocenters. The van der Waals surface area contributed by atoms with Gasteiger partial charge in [-0.1, -0.05) is 24.3 Å². The molecule has 0 spiro atoms. The van der Waals surface area contributed by atoms with Gasteiger partial charge >= 0.3 is 5.97 Å². The van der Waals surface area contributed by atoms with E-state index >= 15 is 0 Å². The van der Waals surface area contributed by atoms with Gasteiger partial charge in [0.1, 0.15) is 17.9 Å². The van der Waals surface area contributed by atoms with Crippen molar-refractivity contribution in [2.24, 2.45) is 5.14 Å². The predicted molar refractivity (Wildman–Crippen MR) is 95.2 cm³/mol. The Bertz CT molecular complexity index is 1070. The summed E-state index contributed by atoms with van der Waals surface area (Å²) in [6.07, 6.45) is 1.66. The van der Waals surface area contributed by atoms with Crippen LogP contribution in [-0.4, -0.2) is 26.5 Å². The highest BCUT2D eigenvalue weighted by Gasteiger charge is 2.19. The zero-order valence-electron chi connectivity index (χ0n) is 13.9. The van der Waals surface area contributed by atoms with Crippen LogP contribution >= 0.6 is 0 Å². The standard InChI is InChI=1S/C18H16N2O5S/c1-24-16-8-7-14(26(19,22)23)10-15(16)18(21)25-11-13-5-2-4-12-6-3-9-20-17(12)13/h2-10H,11H2,1H3,(H2,19,22,23). The highest BCUT2D eigenvalue weighted by molar-refractivity contribution is 7.89. The molecule has 2 N–H and O–H groups in total. The number of hydrogen-bond donors (Lipinski definition) is 1. The SMILES string of the molecule is COc1ccc(S(N)(=O)=O)cc1C(=O)OCc1cccc2cccnc12. The van der Waals surface area contributed by atoms with E-state index in [1.165, 1.54) is 19.2 Å². The van der Waals surface area contributed by atoms with Crippen molar-refractivity contribution in [2.45, 2.75) is 11.5 Å². The molecule has 0 aliphatic rings. The van der Waals surface area contributed by atoms with E-state index in [9.17, 15) is 13.2 Å². The molecule has 7 nitrogen and oxygen atoms in total. The monoisotopic (exact) mass is 372 g/mol. The summed E-state index contributed by atoms with van der Waals surface area (Å²) in [4.78, 5) is 16.6. The second kappa shape index (κ2) is 7.11. The zero-order chi connectivity index (χ0) is 18.7. The van der Waals surface area contributed by atoms with Gasteiger partial charge in [-0.3, -0.25) is 4.98 Å². The summed E-state index contributed by atoms with van der Waals surface area (Å²) < 4.78 is 33.5. The highest BCUT2D eigenvalue weighted by Crippen LogP contribution is 2.24. The lowest BCUT2D eigenvalue weighted by Gasteiger charge is -2.11. The minimum atomic E-state index is -3.95. The molecule has 26 heavy (non-hydrogen) atoms. The summed E-state index contributed by atoms with van der Waals surface area (Å²) in [5.74, 6) is -0.529. The molecular weight excluding hydrogens is 356 g/mol. The first-order chi connectivity index (χ1) is 12.4. The van der Waals surface area contributed by atoms with E-state index in [4.69, 9.17) is 14.6 Å². The minimum Gasteiger partial charge on any atom is -0.496 e. The molecule has 8 heteroatoms. The van der Waals surface area contributed by atoms with Gasteiger partial charge < -0.3 is 9.47 Å². The smallest absolute Gasteiger partial charge is 0.342 e. The van der Waals surface area contributed by atoms with Crippen LogP contribution in [0.3, 0.4) is 0 Å². The number of nitrogens with zero attached hydrogens (tertiary/aromatic N) is 1. The van der Waals surface area contributed by atoms with Crippen molar-refractivity contribution in [3.63, 3.8) is 0 Å². The predicted octanol–water partition coefficient (Wildman–Crippen LogP) is 2.25. The Balaban J connectivity index is 1.88. The van der Waals surface area contributed by atoms with Crippen molar-refractivity contribution >= 4 is 26.9 Å². The number of benzene rings is 2. The summed E-state index contributed by atoms with van der Waals surface area (Å²) in [7, 11) is -2.58. The fourth-order valence-corrected chi connectivity index (χ4v) is 3.07. The normalized spacial score (nSPS) is 11.3. The summed E-state index contributed by atoms with van der Waals surface area (Å²) in [5, 5.41) is 6.04. The zero-order valence-corrected chi connectivity index (χ0v) is 14.7. The van der Waals surface area contributed by atoms with Gasteiger partial charge in [-0.2, -0.15) is 0 Å². The van der Waals surface area contributed by atoms with Crippen LogP contribution in [0.5, 0.6) is 5.75 Å². The Hall–Kier alpha value is -2.97. The lowest BCUT2D eigenvalue weighted by molar-refractivity contribution is 0.0470. The number of fused-ring (bicyclic) bond motifs is 1. The molecule has 0 atom stereocenters. The van der Waals surface area contributed by atoms with E-state index in [2.05, 4.69) is 4.98 Å². The molecule has 0 radical (unpaired) electrons. The van der Waals surface area contributed by atoms with Crippen LogP contribution in [0.1, 0.15) is 15.9 Å². The average molecular weight is 372 g/mol. The van der Waals surface area contributed by atoms with E-state index in [0.29, 0.717) is 0 Å². The lowest BCUT2D eigenvalue weighted by atomic mass is 10.1. The molecule has 0 bridgehead atoms. The fraction of sp³-hybridized carbons (Fsp3) is 0.111. The highest BCUT2D eigenvalue weighted by atomic mass is 32.2. The Kier molecular flexibility index (Phi) is 4.88. The van der Waals surface area contributed by atoms with E-state index in [1.807, 2.05) is 24.3 Å². The van der Waals surface area contributed by atoms with Crippen LogP contribution in [0.25, 0.3) is 10.9 Å². The number of hydrogen-bond acceptors (Lipinski definition) is 6. The number of methoxy groups -OCH3 is 1. The third-order valence-electron chi connectivity index (χ3n) is 3.79. The number of esters is 1. The second-order valence-electron chi connectivity index (χ2n) is 5.48. The van der Waals surface area contributed by atoms with Crippen molar-refractivity contribution in [1.82, 2.24) is 4.98 Å². The van der Waals surface area contributed by atoms with Crippen molar-refractivity contribution in [1.29, 1.82) is 0 Å². The van der Waals surface area contributed by atoms with E-state index in [0.717, 1.165) is 22.5 Å². The molecular formula is C18H16N2O5S. The summed E-state index contributed by atoms with van der Waals surface area (Å²) in [6, 6.07) is 13.0. The fourth-order valence-electron chi connectivity index (χ4n) is 2.53. The van der Waals surface area contributed by atoms with Gasteiger partial charge in [0.15, 0.2) is 0 Å². The van der Waals surface area contributed by atoms with Crippen LogP contribution < -0.4 is 9.88 Å². The number of sulfonamides is 1. The van der Waals surface area contributed by atoms with Crippen LogP contribution in [0.15, 0.2) is 59.6 Å². The number of aromatic nitrogens is 1. The molecule has 134 valence electrons. The summed E-state index contributed by atoms with van der Waals surface area (Å²) >= 11 is 0. The van der Waals surface area contributed by atoms with Crippen LogP contribution in [-0.2, 0) is 21.4 Å². The van der Waals surface area contributed by atoms with Crippen LogP contribution in [0, 0.1) is 0 Å². The van der Waals surface area contributed by atoms with Crippen molar-refractivity contribution in [3.05, 3.63) is 65.9 Å². The van der Waals surface area contributed by atoms with Gasteiger partial charge in [-0.05, 0) is 24.3 Å². The molecule has 0 saturated carbocycles. The molecule has 1 aromatic heterocycles. The molecule has 3 rings (SSSR count). The maximum absolute atomic E-state index is 12.5. The van der Waals surface area contributed by atoms with E-state index in [1.54, 1.807) is 12.3 Å². The van der Waals surface area contributed by atoms with Gasteiger partial charge in [0.25, 0.3) is 0 Å². The molecule has 2 aromatic carbocycles. The quantitative estimate of drug-likeness (QED) is 0.688. The minimum absolute atomic E-state index is 0.0179.